The summed E-state index contributed by atoms with van der Waals surface area (Å²) in [6.07, 6.45) is -37.7. The van der Waals surface area contributed by atoms with E-state index in [4.69, 9.17) is 14.2 Å². The largest absolute Gasteiger partial charge is 0.461 e. The van der Waals surface area contributed by atoms with Gasteiger partial charge in [-0.3, -0.25) is 14.4 Å². The molecule has 2 saturated carbocycles. The summed E-state index contributed by atoms with van der Waals surface area (Å²) in [5, 5.41) is 9.41. The van der Waals surface area contributed by atoms with E-state index in [0.29, 0.717) is 13.8 Å². The maximum absolute atomic E-state index is 13.3. The Morgan fingerprint density at radius 2 is 1.24 bits per heavy atom. The van der Waals surface area contributed by atoms with Crippen LogP contribution < -0.4 is 0 Å². The zero-order chi connectivity index (χ0) is 41.6. The number of fused-ring (bicyclic) bond motifs is 3. The Morgan fingerprint density at radius 1 is 0.759 bits per heavy atom. The van der Waals surface area contributed by atoms with Crippen LogP contribution in [-0.2, 0) is 33.3 Å². The van der Waals surface area contributed by atoms with Crippen LogP contribution in [0.25, 0.3) is 0 Å². The average molecular weight is 821 g/mol. The molecular weight excluding hydrogens is 785 g/mol. The molecule has 11 unspecified atom stereocenters. The average Bonchev–Trinajstić information content (AvgIpc) is 3.80. The second-order valence-corrected chi connectivity index (χ2v) is 14.9. The molecular formula is C31H35F15O8. The van der Waals surface area contributed by atoms with Gasteiger partial charge in [-0.2, -0.15) is 65.9 Å². The molecule has 8 nitrogen and oxygen atoms in total. The highest BCUT2D eigenvalue weighted by molar-refractivity contribution is 5.83. The normalized spacial score (nSPS) is 34.5. The topological polar surface area (TPSA) is 108 Å². The number of aliphatic hydroxyl groups is 1. The van der Waals surface area contributed by atoms with Gasteiger partial charge >= 0.3 is 48.8 Å². The maximum atomic E-state index is 13.3. The van der Waals surface area contributed by atoms with Gasteiger partial charge in [0.1, 0.15) is 18.3 Å². The van der Waals surface area contributed by atoms with Gasteiger partial charge in [-0.25, -0.2) is 0 Å². The fourth-order valence-corrected chi connectivity index (χ4v) is 7.83. The summed E-state index contributed by atoms with van der Waals surface area (Å²) in [5.74, 6) is -7.44. The third kappa shape index (κ3) is 6.77. The van der Waals surface area contributed by atoms with Gasteiger partial charge in [-0.05, 0) is 70.1 Å². The molecule has 312 valence electrons. The molecule has 3 saturated heterocycles. The van der Waals surface area contributed by atoms with E-state index in [9.17, 15) is 85.3 Å². The van der Waals surface area contributed by atoms with Crippen LogP contribution in [0.1, 0.15) is 72.6 Å². The van der Waals surface area contributed by atoms with Gasteiger partial charge in [-0.1, -0.05) is 13.8 Å². The van der Waals surface area contributed by atoms with Crippen LogP contribution in [0, 0.1) is 34.0 Å². The molecule has 3 heterocycles. The second kappa shape index (κ2) is 13.5. The molecule has 54 heavy (non-hydrogen) atoms. The first-order chi connectivity index (χ1) is 24.2. The Kier molecular flexibility index (Phi) is 11.0. The second-order valence-electron chi connectivity index (χ2n) is 14.9. The van der Waals surface area contributed by atoms with Crippen molar-refractivity contribution in [2.45, 2.75) is 140 Å². The zero-order valence-corrected chi connectivity index (χ0v) is 28.5. The van der Waals surface area contributed by atoms with Crippen LogP contribution in [-0.4, -0.2) is 90.0 Å². The van der Waals surface area contributed by atoms with Gasteiger partial charge in [0.05, 0.1) is 0 Å². The van der Waals surface area contributed by atoms with Gasteiger partial charge in [0, 0.05) is 6.42 Å². The van der Waals surface area contributed by atoms with E-state index in [2.05, 4.69) is 4.74 Å². The molecule has 0 aromatic rings. The molecule has 0 amide bonds. The predicted octanol–water partition coefficient (Wildman–Crippen LogP) is 7.69. The first-order valence-electron chi connectivity index (χ1n) is 16.5. The van der Waals surface area contributed by atoms with Crippen molar-refractivity contribution in [2.75, 3.05) is 0 Å². The summed E-state index contributed by atoms with van der Waals surface area (Å²) in [4.78, 5) is 35.9. The quantitative estimate of drug-likeness (QED) is 0.151. The Hall–Kier alpha value is -2.72. The molecule has 2 aliphatic carbocycles. The lowest BCUT2D eigenvalue weighted by atomic mass is 9.73. The SMILES string of the molecule is CCC(C)(C(=O)OC1C2CC3(C(F)(F)F)C(=O)OC1C3O2)C(F)(F)F.CCC(C)(C(=O)OC1CC2CC(CC(O)(C(F)(F)F)C(F)(F)F)C1C2)C(F)(F)F. The molecule has 23 heteroatoms. The van der Waals surface area contributed by atoms with E-state index >= 15 is 0 Å². The lowest BCUT2D eigenvalue weighted by Gasteiger charge is -2.38. The Bertz CT molecular complexity index is 1440. The van der Waals surface area contributed by atoms with Crippen LogP contribution in [0.5, 0.6) is 0 Å². The van der Waals surface area contributed by atoms with Crippen molar-refractivity contribution < 1.29 is 104 Å². The number of esters is 3. The number of hydrogen-bond donors (Lipinski definition) is 1. The first-order valence-corrected chi connectivity index (χ1v) is 16.5. The molecule has 5 aliphatic rings. The van der Waals surface area contributed by atoms with E-state index in [1.807, 2.05) is 0 Å². The van der Waals surface area contributed by atoms with Gasteiger partial charge in [0.2, 0.25) is 0 Å². The molecule has 0 radical (unpaired) electrons. The minimum absolute atomic E-state index is 0.0580. The van der Waals surface area contributed by atoms with Crippen molar-refractivity contribution in [3.63, 3.8) is 0 Å². The summed E-state index contributed by atoms with van der Waals surface area (Å²) in [7, 11) is 0. The van der Waals surface area contributed by atoms with Crippen molar-refractivity contribution in [2.24, 2.45) is 34.0 Å². The summed E-state index contributed by atoms with van der Waals surface area (Å²) in [6.45, 7) is 3.53. The van der Waals surface area contributed by atoms with E-state index < -0.39 is 139 Å². The zero-order valence-electron chi connectivity index (χ0n) is 28.5. The van der Waals surface area contributed by atoms with Crippen LogP contribution >= 0.6 is 0 Å². The van der Waals surface area contributed by atoms with Crippen LogP contribution in [0.4, 0.5) is 65.9 Å². The number of halogens is 15. The summed E-state index contributed by atoms with van der Waals surface area (Å²) in [5.41, 5.74) is -13.4. The third-order valence-corrected chi connectivity index (χ3v) is 11.9. The summed E-state index contributed by atoms with van der Waals surface area (Å²) < 4.78 is 216. The lowest BCUT2D eigenvalue weighted by molar-refractivity contribution is -0.373. The van der Waals surface area contributed by atoms with E-state index in [1.54, 1.807) is 0 Å². The summed E-state index contributed by atoms with van der Waals surface area (Å²) in [6, 6.07) is 0. The van der Waals surface area contributed by atoms with E-state index in [-0.39, 0.29) is 25.2 Å². The molecule has 1 N–H and O–H groups in total. The van der Waals surface area contributed by atoms with Gasteiger partial charge in [-0.15, -0.1) is 0 Å². The fourth-order valence-electron chi connectivity index (χ4n) is 7.83. The van der Waals surface area contributed by atoms with E-state index in [1.165, 1.54) is 0 Å². The molecule has 5 fully saturated rings. The van der Waals surface area contributed by atoms with Crippen molar-refractivity contribution >= 4 is 17.9 Å². The van der Waals surface area contributed by atoms with Crippen LogP contribution in [0.15, 0.2) is 0 Å². The number of alkyl halides is 15. The predicted molar refractivity (Wildman–Crippen MR) is 146 cm³/mol. The van der Waals surface area contributed by atoms with Gasteiger partial charge < -0.3 is 24.1 Å². The molecule has 0 spiro atoms. The lowest BCUT2D eigenvalue weighted by Crippen LogP contribution is -2.58. The Morgan fingerprint density at radius 3 is 1.65 bits per heavy atom. The number of ether oxygens (including phenoxy) is 4. The number of hydrogen-bond acceptors (Lipinski definition) is 8. The van der Waals surface area contributed by atoms with Crippen molar-refractivity contribution in [1.82, 2.24) is 0 Å². The highest BCUT2D eigenvalue weighted by atomic mass is 19.4. The molecule has 5 rings (SSSR count). The monoisotopic (exact) mass is 820 g/mol. The molecule has 0 aromatic carbocycles. The molecule has 3 aliphatic heterocycles. The van der Waals surface area contributed by atoms with Crippen molar-refractivity contribution in [1.29, 1.82) is 0 Å². The number of carbonyl (C=O) groups is 3. The maximum Gasteiger partial charge on any atom is 0.426 e. The van der Waals surface area contributed by atoms with Crippen molar-refractivity contribution in [3.05, 3.63) is 0 Å². The summed E-state index contributed by atoms with van der Waals surface area (Å²) >= 11 is 0. The Labute approximate surface area is 296 Å². The van der Waals surface area contributed by atoms with Crippen LogP contribution in [0.2, 0.25) is 0 Å². The van der Waals surface area contributed by atoms with Crippen LogP contribution in [0.3, 0.4) is 0 Å². The van der Waals surface area contributed by atoms with Gasteiger partial charge in [0.25, 0.3) is 5.60 Å². The highest BCUT2D eigenvalue weighted by Crippen LogP contribution is 2.62. The fraction of sp³-hybridized carbons (Fsp3) is 0.903. The standard InChI is InChI=1S/C17H21F9O3.C14H14F6O5/c1-3-13(2,15(18,19)20)12(27)29-11-6-8-4-9(10(11)5-8)7-14(28,16(21,22)23)17(24,25)26;1-3-11(2,13(15,16)17)9(21)24-6-5-4-12(14(18,19)20)8(23-5)7(6)25-10(12)22/h8-11,28H,3-7H2,1-2H3;5-8H,3-4H2,1-2H3. The molecule has 11 atom stereocenters. The highest BCUT2D eigenvalue weighted by Gasteiger charge is 2.82. The number of carbonyl (C=O) groups excluding carboxylic acids is 3. The molecule has 0 aromatic heterocycles. The number of rotatable bonds is 8. The molecule has 4 bridgehead atoms. The minimum atomic E-state index is -5.98. The third-order valence-electron chi connectivity index (χ3n) is 11.9. The van der Waals surface area contributed by atoms with Crippen molar-refractivity contribution in [3.8, 4) is 0 Å². The smallest absolute Gasteiger partial charge is 0.426 e. The van der Waals surface area contributed by atoms with Gasteiger partial charge in [0.15, 0.2) is 28.5 Å². The van der Waals surface area contributed by atoms with E-state index in [0.717, 1.165) is 13.8 Å². The first kappa shape index (κ1) is 44.0. The Balaban J connectivity index is 0.000000243. The minimum Gasteiger partial charge on any atom is -0.461 e.